The number of benzene rings is 2. The first-order valence-electron chi connectivity index (χ1n) is 9.93. The van der Waals surface area contributed by atoms with E-state index in [-0.39, 0.29) is 49.6 Å². The maximum absolute atomic E-state index is 13.7. The molecule has 1 atom stereocenters. The molecule has 2 heterocycles. The van der Waals surface area contributed by atoms with Crippen LogP contribution in [0.15, 0.2) is 42.5 Å². The Hall–Kier alpha value is -3.68. The van der Waals surface area contributed by atoms with Crippen molar-refractivity contribution in [1.82, 2.24) is 10.2 Å². The van der Waals surface area contributed by atoms with Gasteiger partial charge >= 0.3 is 0 Å². The van der Waals surface area contributed by atoms with Gasteiger partial charge in [-0.15, -0.1) is 0 Å². The lowest BCUT2D eigenvalue weighted by Gasteiger charge is -2.29. The maximum atomic E-state index is 13.7. The van der Waals surface area contributed by atoms with Gasteiger partial charge in [-0.3, -0.25) is 29.3 Å². The van der Waals surface area contributed by atoms with Crippen molar-refractivity contribution in [3.05, 3.63) is 70.5 Å². The summed E-state index contributed by atoms with van der Waals surface area (Å²) in [6.45, 7) is 0.233. The van der Waals surface area contributed by atoms with Crippen LogP contribution in [0.5, 0.6) is 0 Å². The van der Waals surface area contributed by atoms with Crippen LogP contribution in [0.25, 0.3) is 0 Å². The zero-order valence-corrected chi connectivity index (χ0v) is 16.5. The fraction of sp³-hybridized carbons (Fsp3) is 0.261. The van der Waals surface area contributed by atoms with Crippen molar-refractivity contribution >= 4 is 29.3 Å². The number of hydrogen-bond acceptors (Lipinski definition) is 5. The van der Waals surface area contributed by atoms with E-state index in [2.05, 4.69) is 5.32 Å². The normalized spacial score (nSPS) is 18.0. The summed E-state index contributed by atoms with van der Waals surface area (Å²) in [5, 5.41) is 2.26. The average molecular weight is 422 g/mol. The summed E-state index contributed by atoms with van der Waals surface area (Å²) in [5.41, 5.74) is 1.71. The van der Waals surface area contributed by atoms with Crippen LogP contribution < -0.4 is 5.32 Å². The molecule has 158 valence electrons. The fourth-order valence-electron chi connectivity index (χ4n) is 3.95. The van der Waals surface area contributed by atoms with Gasteiger partial charge in [-0.2, -0.15) is 0 Å². The SMILES string of the molecule is O=C1CCC(N2Cc3cc(CCC(=O)C(=O)c4ccccc4F)ccc3C2=O)C(=O)N1. The molecular formula is C23H19FN2O5. The molecule has 4 rings (SSSR count). The van der Waals surface area contributed by atoms with Gasteiger partial charge in [0.05, 0.1) is 5.56 Å². The highest BCUT2D eigenvalue weighted by molar-refractivity contribution is 6.43. The van der Waals surface area contributed by atoms with E-state index in [1.807, 2.05) is 0 Å². The van der Waals surface area contributed by atoms with Gasteiger partial charge in [-0.1, -0.05) is 24.3 Å². The number of aryl methyl sites for hydroxylation is 1. The summed E-state index contributed by atoms with van der Waals surface area (Å²) in [4.78, 5) is 62.0. The molecule has 0 aromatic heterocycles. The number of carbonyl (C=O) groups excluding carboxylic acids is 5. The van der Waals surface area contributed by atoms with Crippen molar-refractivity contribution in [3.8, 4) is 0 Å². The first kappa shape index (κ1) is 20.6. The van der Waals surface area contributed by atoms with E-state index in [1.165, 1.54) is 23.1 Å². The maximum Gasteiger partial charge on any atom is 0.255 e. The molecule has 1 fully saturated rings. The Bertz CT molecular complexity index is 1130. The quantitative estimate of drug-likeness (QED) is 0.436. The second-order valence-corrected chi connectivity index (χ2v) is 7.62. The molecule has 0 saturated carbocycles. The molecule has 1 N–H and O–H groups in total. The summed E-state index contributed by atoms with van der Waals surface area (Å²) < 4.78 is 13.7. The van der Waals surface area contributed by atoms with E-state index in [1.54, 1.807) is 18.2 Å². The van der Waals surface area contributed by atoms with Crippen LogP contribution in [0.2, 0.25) is 0 Å². The lowest BCUT2D eigenvalue weighted by molar-refractivity contribution is -0.136. The fourth-order valence-corrected chi connectivity index (χ4v) is 3.95. The molecule has 31 heavy (non-hydrogen) atoms. The molecule has 0 bridgehead atoms. The minimum Gasteiger partial charge on any atom is -0.322 e. The molecule has 0 radical (unpaired) electrons. The van der Waals surface area contributed by atoms with Crippen LogP contribution in [0.4, 0.5) is 4.39 Å². The van der Waals surface area contributed by atoms with E-state index in [0.29, 0.717) is 5.56 Å². The lowest BCUT2D eigenvalue weighted by Crippen LogP contribution is -2.52. The number of ketones is 2. The molecule has 2 aliphatic rings. The predicted octanol–water partition coefficient (Wildman–Crippen LogP) is 1.97. The number of fused-ring (bicyclic) bond motifs is 1. The predicted molar refractivity (Wildman–Crippen MR) is 107 cm³/mol. The van der Waals surface area contributed by atoms with Crippen molar-refractivity contribution in [2.24, 2.45) is 0 Å². The first-order chi connectivity index (χ1) is 14.8. The number of imide groups is 1. The van der Waals surface area contributed by atoms with E-state index >= 15 is 0 Å². The van der Waals surface area contributed by atoms with Crippen molar-refractivity contribution in [2.45, 2.75) is 38.3 Å². The Kier molecular flexibility index (Phi) is 5.46. The van der Waals surface area contributed by atoms with Crippen LogP contribution in [0.1, 0.15) is 51.1 Å². The number of nitrogens with zero attached hydrogens (tertiary/aromatic N) is 1. The number of hydrogen-bond donors (Lipinski definition) is 1. The third-order valence-electron chi connectivity index (χ3n) is 5.60. The van der Waals surface area contributed by atoms with Gasteiger partial charge in [-0.05, 0) is 42.2 Å². The number of piperidine rings is 1. The van der Waals surface area contributed by atoms with Gasteiger partial charge in [0.15, 0.2) is 0 Å². The molecule has 0 spiro atoms. The minimum atomic E-state index is -0.863. The largest absolute Gasteiger partial charge is 0.322 e. The highest BCUT2D eigenvalue weighted by Gasteiger charge is 2.39. The molecule has 3 amide bonds. The van der Waals surface area contributed by atoms with E-state index in [0.717, 1.165) is 17.2 Å². The van der Waals surface area contributed by atoms with Gasteiger partial charge in [0.25, 0.3) is 5.91 Å². The van der Waals surface area contributed by atoms with Crippen molar-refractivity contribution in [3.63, 3.8) is 0 Å². The van der Waals surface area contributed by atoms with Crippen LogP contribution in [0.3, 0.4) is 0 Å². The molecule has 7 nitrogen and oxygen atoms in total. The Labute approximate surface area is 177 Å². The van der Waals surface area contributed by atoms with E-state index in [9.17, 15) is 28.4 Å². The van der Waals surface area contributed by atoms with Crippen molar-refractivity contribution < 1.29 is 28.4 Å². The summed E-state index contributed by atoms with van der Waals surface area (Å²) in [6.07, 6.45) is 0.638. The van der Waals surface area contributed by atoms with Crippen LogP contribution in [-0.4, -0.2) is 40.2 Å². The van der Waals surface area contributed by atoms with Crippen molar-refractivity contribution in [1.29, 1.82) is 0 Å². The number of Topliss-reactive ketones (excluding diaryl/α,β-unsaturated/α-hetero) is 2. The second-order valence-electron chi connectivity index (χ2n) is 7.62. The van der Waals surface area contributed by atoms with Crippen LogP contribution in [-0.2, 0) is 27.3 Å². The van der Waals surface area contributed by atoms with Gasteiger partial charge < -0.3 is 4.90 Å². The lowest BCUT2D eigenvalue weighted by atomic mass is 9.99. The Balaban J connectivity index is 1.42. The zero-order chi connectivity index (χ0) is 22.1. The monoisotopic (exact) mass is 422 g/mol. The Morgan fingerprint density at radius 3 is 2.61 bits per heavy atom. The first-order valence-corrected chi connectivity index (χ1v) is 9.93. The van der Waals surface area contributed by atoms with Gasteiger partial charge in [-0.25, -0.2) is 4.39 Å². The number of amides is 3. The smallest absolute Gasteiger partial charge is 0.255 e. The molecular weight excluding hydrogens is 403 g/mol. The van der Waals surface area contributed by atoms with E-state index < -0.39 is 29.3 Å². The number of halogens is 1. The molecule has 1 unspecified atom stereocenters. The molecule has 0 aliphatic carbocycles. The summed E-state index contributed by atoms with van der Waals surface area (Å²) >= 11 is 0. The summed E-state index contributed by atoms with van der Waals surface area (Å²) in [6, 6.07) is 9.77. The number of rotatable bonds is 6. The third-order valence-corrected chi connectivity index (χ3v) is 5.60. The van der Waals surface area contributed by atoms with Gasteiger partial charge in [0, 0.05) is 24.9 Å². The number of nitrogens with one attached hydrogen (secondary N) is 1. The second kappa shape index (κ2) is 8.22. The molecule has 2 aliphatic heterocycles. The zero-order valence-electron chi connectivity index (χ0n) is 16.5. The van der Waals surface area contributed by atoms with Crippen LogP contribution in [0, 0.1) is 5.82 Å². The summed E-state index contributed by atoms with van der Waals surface area (Å²) in [5.74, 6) is -3.38. The van der Waals surface area contributed by atoms with Gasteiger partial charge in [0.2, 0.25) is 23.4 Å². The average Bonchev–Trinajstić information content (AvgIpc) is 3.07. The Morgan fingerprint density at radius 2 is 1.87 bits per heavy atom. The molecule has 2 aromatic rings. The third kappa shape index (κ3) is 4.01. The number of carbonyl (C=O) groups is 5. The Morgan fingerprint density at radius 1 is 1.10 bits per heavy atom. The topological polar surface area (TPSA) is 101 Å². The van der Waals surface area contributed by atoms with Crippen LogP contribution >= 0.6 is 0 Å². The van der Waals surface area contributed by atoms with E-state index in [4.69, 9.17) is 0 Å². The van der Waals surface area contributed by atoms with Gasteiger partial charge in [0.1, 0.15) is 11.9 Å². The standard InChI is InChI=1S/C23H19FN2O5/c24-17-4-2-1-3-16(17)21(29)19(27)9-6-13-5-7-15-14(11-13)12-26(23(15)31)18-8-10-20(28)25-22(18)30/h1-5,7,11,18H,6,8-10,12H2,(H,25,28,30). The highest BCUT2D eigenvalue weighted by Crippen LogP contribution is 2.28. The molecule has 1 saturated heterocycles. The summed E-state index contributed by atoms with van der Waals surface area (Å²) in [7, 11) is 0. The van der Waals surface area contributed by atoms with Crippen molar-refractivity contribution in [2.75, 3.05) is 0 Å². The highest BCUT2D eigenvalue weighted by atomic mass is 19.1. The molecule has 2 aromatic carbocycles. The molecule has 8 heteroatoms. The minimum absolute atomic E-state index is 0.0866.